The number of para-hydroxylation sites is 2. The minimum Gasteiger partial charge on any atom is -0.396 e. The molecule has 0 aromatic heterocycles. The van der Waals surface area contributed by atoms with Gasteiger partial charge in [-0.2, -0.15) is 0 Å². The average Bonchev–Trinajstić information content (AvgIpc) is 2.30. The van der Waals surface area contributed by atoms with Crippen molar-refractivity contribution in [1.29, 1.82) is 0 Å². The second kappa shape index (κ2) is 4.51. The van der Waals surface area contributed by atoms with Crippen LogP contribution in [-0.2, 0) is 4.79 Å². The zero-order valence-electron chi connectivity index (χ0n) is 8.76. The SMILES string of the molecule is O=C1Nc2ccccc2N(CCCO)C1O. The first-order valence-electron chi connectivity index (χ1n) is 5.19. The molecular formula is C11H14N2O3. The minimum atomic E-state index is -1.18. The van der Waals surface area contributed by atoms with E-state index in [-0.39, 0.29) is 6.61 Å². The highest BCUT2D eigenvalue weighted by molar-refractivity contribution is 6.02. The Morgan fingerprint density at radius 1 is 1.38 bits per heavy atom. The highest BCUT2D eigenvalue weighted by Crippen LogP contribution is 2.30. The molecule has 0 spiro atoms. The third-order valence-corrected chi connectivity index (χ3v) is 2.56. The molecule has 0 fully saturated rings. The Balaban J connectivity index is 2.30. The standard InChI is InChI=1S/C11H14N2O3/c14-7-3-6-13-9-5-2-1-4-8(9)12-10(15)11(13)16/h1-2,4-5,11,14,16H,3,6-7H2,(H,12,15). The number of carbonyl (C=O) groups excluding carboxylic acids is 1. The zero-order valence-corrected chi connectivity index (χ0v) is 8.76. The fraction of sp³-hybridized carbons (Fsp3) is 0.364. The number of carbonyl (C=O) groups is 1. The Hall–Kier alpha value is -1.59. The van der Waals surface area contributed by atoms with Gasteiger partial charge in [-0.1, -0.05) is 12.1 Å². The van der Waals surface area contributed by atoms with Crippen LogP contribution < -0.4 is 10.2 Å². The van der Waals surface area contributed by atoms with Gasteiger partial charge in [0.1, 0.15) is 0 Å². The molecule has 3 N–H and O–H groups in total. The molecule has 1 aliphatic heterocycles. The molecule has 2 rings (SSSR count). The quantitative estimate of drug-likeness (QED) is 0.680. The maximum absolute atomic E-state index is 11.5. The highest BCUT2D eigenvalue weighted by Gasteiger charge is 2.30. The van der Waals surface area contributed by atoms with Crippen molar-refractivity contribution in [2.75, 3.05) is 23.4 Å². The summed E-state index contributed by atoms with van der Waals surface area (Å²) in [6.07, 6.45) is -0.667. The number of rotatable bonds is 3. The number of hydrogen-bond donors (Lipinski definition) is 3. The van der Waals surface area contributed by atoms with E-state index < -0.39 is 12.1 Å². The molecule has 1 amide bonds. The van der Waals surface area contributed by atoms with E-state index in [0.717, 1.165) is 5.69 Å². The van der Waals surface area contributed by atoms with Gasteiger partial charge in [-0.3, -0.25) is 4.79 Å². The third-order valence-electron chi connectivity index (χ3n) is 2.56. The van der Waals surface area contributed by atoms with Crippen LogP contribution >= 0.6 is 0 Å². The summed E-state index contributed by atoms with van der Waals surface area (Å²) in [7, 11) is 0. The number of aliphatic hydroxyl groups is 2. The molecule has 1 heterocycles. The number of amides is 1. The summed E-state index contributed by atoms with van der Waals surface area (Å²) in [5.41, 5.74) is 1.47. The fourth-order valence-corrected chi connectivity index (χ4v) is 1.78. The van der Waals surface area contributed by atoms with Crippen LogP contribution in [0.1, 0.15) is 6.42 Å². The molecule has 0 radical (unpaired) electrons. The van der Waals surface area contributed by atoms with Crippen molar-refractivity contribution in [2.24, 2.45) is 0 Å². The summed E-state index contributed by atoms with van der Waals surface area (Å²) in [6, 6.07) is 7.27. The van der Waals surface area contributed by atoms with Gasteiger partial charge in [0.05, 0.1) is 11.4 Å². The van der Waals surface area contributed by atoms with E-state index in [9.17, 15) is 9.90 Å². The van der Waals surface area contributed by atoms with Crippen LogP contribution in [-0.4, -0.2) is 35.5 Å². The van der Waals surface area contributed by atoms with Gasteiger partial charge < -0.3 is 20.4 Å². The van der Waals surface area contributed by atoms with Crippen LogP contribution in [0.2, 0.25) is 0 Å². The lowest BCUT2D eigenvalue weighted by molar-refractivity contribution is -0.124. The van der Waals surface area contributed by atoms with Gasteiger partial charge in [0.15, 0.2) is 0 Å². The maximum Gasteiger partial charge on any atom is 0.274 e. The van der Waals surface area contributed by atoms with Crippen molar-refractivity contribution in [3.8, 4) is 0 Å². The van der Waals surface area contributed by atoms with E-state index in [1.165, 1.54) is 0 Å². The van der Waals surface area contributed by atoms with Crippen LogP contribution in [0.5, 0.6) is 0 Å². The Morgan fingerprint density at radius 3 is 2.88 bits per heavy atom. The molecule has 0 bridgehead atoms. The van der Waals surface area contributed by atoms with Gasteiger partial charge in [0.2, 0.25) is 6.23 Å². The molecule has 1 unspecified atom stereocenters. The first kappa shape index (κ1) is 10.9. The van der Waals surface area contributed by atoms with Crippen LogP contribution in [0.3, 0.4) is 0 Å². The number of anilines is 2. The molecule has 1 aliphatic rings. The Labute approximate surface area is 93.3 Å². The van der Waals surface area contributed by atoms with Gasteiger partial charge in [-0.15, -0.1) is 0 Å². The van der Waals surface area contributed by atoms with Crippen LogP contribution in [0, 0.1) is 0 Å². The third kappa shape index (κ3) is 1.87. The van der Waals surface area contributed by atoms with Crippen LogP contribution in [0.15, 0.2) is 24.3 Å². The van der Waals surface area contributed by atoms with E-state index in [1.54, 1.807) is 11.0 Å². The Bertz CT molecular complexity index is 395. The monoisotopic (exact) mass is 222 g/mol. The normalized spacial score (nSPS) is 19.2. The number of benzene rings is 1. The van der Waals surface area contributed by atoms with Crippen molar-refractivity contribution in [3.63, 3.8) is 0 Å². The van der Waals surface area contributed by atoms with E-state index in [0.29, 0.717) is 18.7 Å². The van der Waals surface area contributed by atoms with E-state index >= 15 is 0 Å². The van der Waals surface area contributed by atoms with Crippen LogP contribution in [0.4, 0.5) is 11.4 Å². The summed E-state index contributed by atoms with van der Waals surface area (Å²) in [4.78, 5) is 13.1. The summed E-state index contributed by atoms with van der Waals surface area (Å²) in [6.45, 7) is 0.481. The highest BCUT2D eigenvalue weighted by atomic mass is 16.3. The second-order valence-electron chi connectivity index (χ2n) is 3.65. The molecular weight excluding hydrogens is 208 g/mol. The Kier molecular flexibility index (Phi) is 3.07. The largest absolute Gasteiger partial charge is 0.396 e. The van der Waals surface area contributed by atoms with Gasteiger partial charge in [-0.25, -0.2) is 0 Å². The minimum absolute atomic E-state index is 0.0347. The van der Waals surface area contributed by atoms with Crippen molar-refractivity contribution < 1.29 is 15.0 Å². The predicted molar refractivity (Wildman–Crippen MR) is 60.1 cm³/mol. The molecule has 1 aromatic carbocycles. The first-order valence-corrected chi connectivity index (χ1v) is 5.19. The summed E-state index contributed by atoms with van der Waals surface area (Å²) in [5.74, 6) is -0.434. The molecule has 0 saturated heterocycles. The average molecular weight is 222 g/mol. The molecule has 5 nitrogen and oxygen atoms in total. The molecule has 1 aromatic rings. The Morgan fingerprint density at radius 2 is 2.12 bits per heavy atom. The molecule has 86 valence electrons. The summed E-state index contributed by atoms with van der Waals surface area (Å²) < 4.78 is 0. The molecule has 5 heteroatoms. The van der Waals surface area contributed by atoms with Crippen molar-refractivity contribution >= 4 is 17.3 Å². The molecule has 0 aliphatic carbocycles. The number of fused-ring (bicyclic) bond motifs is 1. The summed E-state index contributed by atoms with van der Waals surface area (Å²) >= 11 is 0. The lowest BCUT2D eigenvalue weighted by Gasteiger charge is -2.34. The van der Waals surface area contributed by atoms with Crippen molar-refractivity contribution in [1.82, 2.24) is 0 Å². The van der Waals surface area contributed by atoms with Gasteiger partial charge in [0, 0.05) is 13.2 Å². The number of hydrogen-bond acceptors (Lipinski definition) is 4. The molecule has 0 saturated carbocycles. The predicted octanol–water partition coefficient (Wildman–Crippen LogP) is 0.146. The summed E-state index contributed by atoms with van der Waals surface area (Å²) in [5, 5.41) is 21.2. The lowest BCUT2D eigenvalue weighted by Crippen LogP contribution is -2.48. The number of nitrogens with one attached hydrogen (secondary N) is 1. The van der Waals surface area contributed by atoms with E-state index in [1.807, 2.05) is 18.2 Å². The second-order valence-corrected chi connectivity index (χ2v) is 3.65. The topological polar surface area (TPSA) is 72.8 Å². The van der Waals surface area contributed by atoms with Crippen molar-refractivity contribution in [2.45, 2.75) is 12.6 Å². The number of nitrogens with zero attached hydrogens (tertiary/aromatic N) is 1. The molecule has 1 atom stereocenters. The van der Waals surface area contributed by atoms with Crippen LogP contribution in [0.25, 0.3) is 0 Å². The lowest BCUT2D eigenvalue weighted by atomic mass is 10.1. The van der Waals surface area contributed by atoms with Gasteiger partial charge in [-0.05, 0) is 18.6 Å². The smallest absolute Gasteiger partial charge is 0.274 e. The van der Waals surface area contributed by atoms with E-state index in [2.05, 4.69) is 5.32 Å². The first-order chi connectivity index (χ1) is 7.74. The van der Waals surface area contributed by atoms with Gasteiger partial charge in [0.25, 0.3) is 5.91 Å². The maximum atomic E-state index is 11.5. The van der Waals surface area contributed by atoms with E-state index in [4.69, 9.17) is 5.11 Å². The van der Waals surface area contributed by atoms with Gasteiger partial charge >= 0.3 is 0 Å². The fourth-order valence-electron chi connectivity index (χ4n) is 1.78. The zero-order chi connectivity index (χ0) is 11.5. The van der Waals surface area contributed by atoms with Crippen molar-refractivity contribution in [3.05, 3.63) is 24.3 Å². The molecule has 16 heavy (non-hydrogen) atoms. The number of aliphatic hydroxyl groups excluding tert-OH is 2.